The second-order valence-corrected chi connectivity index (χ2v) is 11.7. The standard InChI is InChI=1S/C24H28ClNO3S/c1-15-6-20(16(2)26(15)12-19-4-3-5-30-19)21(27)13-29-22(28)23-8-17-7-18(9-23)11-24(25,10-17)14-23/h3-6,17-18H,7-14H2,1-2H3. The Morgan fingerprint density at radius 1 is 1.23 bits per heavy atom. The van der Waals surface area contributed by atoms with Crippen molar-refractivity contribution in [3.63, 3.8) is 0 Å². The summed E-state index contributed by atoms with van der Waals surface area (Å²) in [7, 11) is 0. The predicted molar refractivity (Wildman–Crippen MR) is 118 cm³/mol. The number of aryl methyl sites for hydroxylation is 1. The number of halogens is 1. The molecular formula is C24H28ClNO3S. The van der Waals surface area contributed by atoms with Gasteiger partial charge in [-0.15, -0.1) is 22.9 Å². The molecule has 0 aliphatic heterocycles. The normalized spacial score (nSPS) is 31.8. The van der Waals surface area contributed by atoms with Crippen LogP contribution in [0.4, 0.5) is 0 Å². The van der Waals surface area contributed by atoms with Crippen LogP contribution in [0.1, 0.15) is 65.1 Å². The van der Waals surface area contributed by atoms with Crippen LogP contribution >= 0.6 is 22.9 Å². The van der Waals surface area contributed by atoms with Gasteiger partial charge in [-0.25, -0.2) is 0 Å². The number of nitrogens with zero attached hydrogens (tertiary/aromatic N) is 1. The highest BCUT2D eigenvalue weighted by atomic mass is 35.5. The number of ether oxygens (including phenoxy) is 1. The first-order valence-electron chi connectivity index (χ1n) is 10.9. The van der Waals surface area contributed by atoms with E-state index in [0.717, 1.165) is 43.6 Å². The van der Waals surface area contributed by atoms with E-state index in [2.05, 4.69) is 16.0 Å². The number of hydrogen-bond acceptors (Lipinski definition) is 4. The molecule has 0 saturated heterocycles. The summed E-state index contributed by atoms with van der Waals surface area (Å²) in [6.07, 6.45) is 5.70. The van der Waals surface area contributed by atoms with Gasteiger partial charge in [0.05, 0.1) is 12.0 Å². The van der Waals surface area contributed by atoms with Crippen molar-refractivity contribution in [2.75, 3.05) is 6.61 Å². The summed E-state index contributed by atoms with van der Waals surface area (Å²) in [5, 5.41) is 2.06. The van der Waals surface area contributed by atoms with Crippen LogP contribution in [0.5, 0.6) is 0 Å². The van der Waals surface area contributed by atoms with Crippen LogP contribution in [0.2, 0.25) is 0 Å². The van der Waals surface area contributed by atoms with Gasteiger partial charge in [-0.1, -0.05) is 6.07 Å². The number of alkyl halides is 1. The van der Waals surface area contributed by atoms with Crippen molar-refractivity contribution in [1.29, 1.82) is 0 Å². The topological polar surface area (TPSA) is 48.3 Å². The summed E-state index contributed by atoms with van der Waals surface area (Å²) in [5.74, 6) is 0.730. The average molecular weight is 446 g/mol. The molecule has 0 radical (unpaired) electrons. The largest absolute Gasteiger partial charge is 0.457 e. The minimum Gasteiger partial charge on any atom is -0.457 e. The Hall–Kier alpha value is -1.59. The summed E-state index contributed by atoms with van der Waals surface area (Å²) in [4.78, 5) is 27.0. The molecule has 0 N–H and O–H groups in total. The highest BCUT2D eigenvalue weighted by Gasteiger charge is 2.60. The van der Waals surface area contributed by atoms with Gasteiger partial charge in [0.2, 0.25) is 5.78 Å². The fourth-order valence-corrected chi connectivity index (χ4v) is 8.02. The Kier molecular flexibility index (Phi) is 4.90. The fourth-order valence-electron chi connectivity index (χ4n) is 6.64. The zero-order valence-corrected chi connectivity index (χ0v) is 19.2. The molecule has 6 heteroatoms. The first-order chi connectivity index (χ1) is 14.3. The molecule has 2 unspecified atom stereocenters. The Bertz CT molecular complexity index is 979. The highest BCUT2D eigenvalue weighted by molar-refractivity contribution is 7.09. The Morgan fingerprint density at radius 3 is 2.60 bits per heavy atom. The Balaban J connectivity index is 1.27. The van der Waals surface area contributed by atoms with Crippen molar-refractivity contribution in [3.05, 3.63) is 45.4 Å². The summed E-state index contributed by atoms with van der Waals surface area (Å²) in [6.45, 7) is 4.55. The lowest BCUT2D eigenvalue weighted by atomic mass is 9.49. The van der Waals surface area contributed by atoms with E-state index in [0.29, 0.717) is 23.8 Å². The van der Waals surface area contributed by atoms with E-state index in [9.17, 15) is 9.59 Å². The number of esters is 1. The second-order valence-electron chi connectivity index (χ2n) is 9.84. The molecule has 4 aliphatic carbocycles. The minimum atomic E-state index is -0.470. The number of carbonyl (C=O) groups is 2. The van der Waals surface area contributed by atoms with Gasteiger partial charge >= 0.3 is 5.97 Å². The van der Waals surface area contributed by atoms with Crippen LogP contribution < -0.4 is 0 Å². The van der Waals surface area contributed by atoms with E-state index < -0.39 is 5.41 Å². The van der Waals surface area contributed by atoms with Gasteiger partial charge in [-0.3, -0.25) is 9.59 Å². The van der Waals surface area contributed by atoms with Crippen molar-refractivity contribution in [3.8, 4) is 0 Å². The second kappa shape index (κ2) is 7.23. The highest BCUT2D eigenvalue weighted by Crippen LogP contribution is 2.64. The van der Waals surface area contributed by atoms with E-state index in [1.807, 2.05) is 26.0 Å². The molecule has 2 atom stereocenters. The molecule has 160 valence electrons. The molecule has 4 bridgehead atoms. The maximum Gasteiger partial charge on any atom is 0.312 e. The van der Waals surface area contributed by atoms with Crippen LogP contribution in [-0.4, -0.2) is 27.8 Å². The van der Waals surface area contributed by atoms with Gasteiger partial charge in [0, 0.05) is 26.7 Å². The minimum absolute atomic E-state index is 0.126. The Labute approximate surface area is 186 Å². The zero-order valence-electron chi connectivity index (χ0n) is 17.6. The van der Waals surface area contributed by atoms with Crippen molar-refractivity contribution in [2.24, 2.45) is 17.3 Å². The first-order valence-corrected chi connectivity index (χ1v) is 12.1. The molecule has 2 heterocycles. The third-order valence-corrected chi connectivity index (χ3v) is 8.83. The van der Waals surface area contributed by atoms with Crippen LogP contribution in [0, 0.1) is 31.1 Å². The average Bonchev–Trinajstić information content (AvgIpc) is 3.27. The molecule has 6 rings (SSSR count). The summed E-state index contributed by atoms with van der Waals surface area (Å²) in [6, 6.07) is 6.05. The molecule has 0 amide bonds. The number of Topliss-reactive ketones (excluding diaryl/α,β-unsaturated/α-hetero) is 1. The molecule has 0 spiro atoms. The summed E-state index contributed by atoms with van der Waals surface area (Å²) in [5.41, 5.74) is 2.15. The first kappa shape index (κ1) is 20.3. The van der Waals surface area contributed by atoms with E-state index in [4.69, 9.17) is 16.3 Å². The van der Waals surface area contributed by atoms with Gasteiger partial charge in [0.15, 0.2) is 6.61 Å². The van der Waals surface area contributed by atoms with E-state index in [1.54, 1.807) is 11.3 Å². The molecule has 4 aliphatic rings. The number of thiophene rings is 1. The number of ketones is 1. The lowest BCUT2D eigenvalue weighted by Gasteiger charge is -2.58. The Morgan fingerprint density at radius 2 is 1.97 bits per heavy atom. The van der Waals surface area contributed by atoms with Gasteiger partial charge < -0.3 is 9.30 Å². The lowest BCUT2D eigenvalue weighted by molar-refractivity contribution is -0.168. The molecule has 30 heavy (non-hydrogen) atoms. The third kappa shape index (κ3) is 3.44. The third-order valence-electron chi connectivity index (χ3n) is 7.53. The molecule has 0 aromatic carbocycles. The number of aromatic nitrogens is 1. The smallest absolute Gasteiger partial charge is 0.312 e. The van der Waals surface area contributed by atoms with Crippen molar-refractivity contribution in [1.82, 2.24) is 4.57 Å². The number of carbonyl (C=O) groups excluding carboxylic acids is 2. The molecular weight excluding hydrogens is 418 g/mol. The van der Waals surface area contributed by atoms with Gasteiger partial charge in [-0.2, -0.15) is 0 Å². The predicted octanol–water partition coefficient (Wildman–Crippen LogP) is 5.52. The van der Waals surface area contributed by atoms with Crippen LogP contribution in [0.15, 0.2) is 23.6 Å². The van der Waals surface area contributed by atoms with Gasteiger partial charge in [0.1, 0.15) is 0 Å². The van der Waals surface area contributed by atoms with Crippen molar-refractivity contribution < 1.29 is 14.3 Å². The SMILES string of the molecule is Cc1cc(C(=O)COC(=O)C23CC4CC(CC(Cl)(C4)C2)C3)c(C)n1Cc1cccs1. The van der Waals surface area contributed by atoms with Crippen molar-refractivity contribution >= 4 is 34.7 Å². The van der Waals surface area contributed by atoms with Crippen molar-refractivity contribution in [2.45, 2.75) is 63.8 Å². The number of rotatable bonds is 6. The van der Waals surface area contributed by atoms with E-state index in [1.165, 1.54) is 11.3 Å². The van der Waals surface area contributed by atoms with Gasteiger partial charge in [0.25, 0.3) is 0 Å². The molecule has 4 fully saturated rings. The molecule has 2 aromatic heterocycles. The zero-order chi connectivity index (χ0) is 21.1. The lowest BCUT2D eigenvalue weighted by Crippen LogP contribution is -2.56. The molecule has 4 nitrogen and oxygen atoms in total. The monoisotopic (exact) mass is 445 g/mol. The maximum absolute atomic E-state index is 13.1. The quantitative estimate of drug-likeness (QED) is 0.334. The van der Waals surface area contributed by atoms with Gasteiger partial charge in [-0.05, 0) is 81.7 Å². The van der Waals surface area contributed by atoms with Crippen LogP contribution in [0.3, 0.4) is 0 Å². The summed E-state index contributed by atoms with van der Waals surface area (Å²) < 4.78 is 7.79. The van der Waals surface area contributed by atoms with E-state index >= 15 is 0 Å². The van der Waals surface area contributed by atoms with Crippen LogP contribution in [0.25, 0.3) is 0 Å². The van der Waals surface area contributed by atoms with Crippen LogP contribution in [-0.2, 0) is 16.1 Å². The number of hydrogen-bond donors (Lipinski definition) is 0. The molecule has 2 aromatic rings. The molecule has 4 saturated carbocycles. The maximum atomic E-state index is 13.1. The van der Waals surface area contributed by atoms with E-state index in [-0.39, 0.29) is 23.2 Å². The summed E-state index contributed by atoms with van der Waals surface area (Å²) >= 11 is 8.55. The fraction of sp³-hybridized carbons (Fsp3) is 0.583.